The molecule has 1 aromatic carbocycles. The zero-order valence-corrected chi connectivity index (χ0v) is 13.4. The minimum Gasteiger partial charge on any atom is -0.326 e. The highest BCUT2D eigenvalue weighted by Gasteiger charge is 2.29. The average Bonchev–Trinajstić information content (AvgIpc) is 2.91. The molecule has 2 rings (SSSR count). The minimum atomic E-state index is -3.33. The van der Waals surface area contributed by atoms with Gasteiger partial charge in [-0.25, -0.2) is 12.8 Å². The number of anilines is 1. The molecule has 0 unspecified atom stereocenters. The van der Waals surface area contributed by atoms with E-state index in [-0.39, 0.29) is 24.9 Å². The first-order chi connectivity index (χ1) is 10.4. The maximum atomic E-state index is 13.1. The van der Waals surface area contributed by atoms with Crippen molar-refractivity contribution in [3.63, 3.8) is 0 Å². The molecule has 0 bridgehead atoms. The summed E-state index contributed by atoms with van der Waals surface area (Å²) in [6, 6.07) is 5.61. The lowest BCUT2D eigenvalue weighted by Gasteiger charge is -2.26. The number of sulfonamides is 1. The van der Waals surface area contributed by atoms with Crippen molar-refractivity contribution < 1.29 is 17.6 Å². The van der Waals surface area contributed by atoms with Gasteiger partial charge >= 0.3 is 0 Å². The van der Waals surface area contributed by atoms with E-state index in [0.717, 1.165) is 25.7 Å². The molecule has 1 aliphatic carbocycles. The molecule has 0 saturated heterocycles. The highest BCUT2D eigenvalue weighted by molar-refractivity contribution is 7.88. The molecule has 1 aliphatic rings. The molecule has 0 aliphatic heterocycles. The Hall–Kier alpha value is -1.47. The van der Waals surface area contributed by atoms with Crippen LogP contribution in [0.1, 0.15) is 32.1 Å². The predicted molar refractivity (Wildman–Crippen MR) is 83.5 cm³/mol. The SMILES string of the molecule is CS(=O)(=O)N(CCC(=O)Nc1cccc(F)c1)C1CCCC1. The third kappa shape index (κ3) is 4.78. The van der Waals surface area contributed by atoms with Gasteiger partial charge in [-0.15, -0.1) is 0 Å². The van der Waals surface area contributed by atoms with Crippen molar-refractivity contribution in [2.24, 2.45) is 0 Å². The van der Waals surface area contributed by atoms with Crippen LogP contribution in [0.5, 0.6) is 0 Å². The number of halogens is 1. The van der Waals surface area contributed by atoms with Crippen LogP contribution in [0.4, 0.5) is 10.1 Å². The molecule has 1 saturated carbocycles. The molecule has 22 heavy (non-hydrogen) atoms. The molecule has 0 radical (unpaired) electrons. The number of carbonyl (C=O) groups excluding carboxylic acids is 1. The van der Waals surface area contributed by atoms with Crippen molar-refractivity contribution in [3.05, 3.63) is 30.1 Å². The average molecular weight is 328 g/mol. The molecule has 7 heteroatoms. The summed E-state index contributed by atoms with van der Waals surface area (Å²) in [5.41, 5.74) is 0.372. The Labute approximate surface area is 130 Å². The van der Waals surface area contributed by atoms with Crippen molar-refractivity contribution in [2.45, 2.75) is 38.1 Å². The van der Waals surface area contributed by atoms with E-state index >= 15 is 0 Å². The summed E-state index contributed by atoms with van der Waals surface area (Å²) in [5, 5.41) is 2.58. The lowest BCUT2D eigenvalue weighted by Crippen LogP contribution is -2.39. The first-order valence-corrected chi connectivity index (χ1v) is 9.23. The van der Waals surface area contributed by atoms with Crippen LogP contribution in [-0.2, 0) is 14.8 Å². The van der Waals surface area contributed by atoms with Gasteiger partial charge in [0.2, 0.25) is 15.9 Å². The van der Waals surface area contributed by atoms with Gasteiger partial charge in [0.25, 0.3) is 0 Å². The summed E-state index contributed by atoms with van der Waals surface area (Å²) >= 11 is 0. The van der Waals surface area contributed by atoms with Gasteiger partial charge in [-0.3, -0.25) is 4.79 Å². The minimum absolute atomic E-state index is 0.00281. The van der Waals surface area contributed by atoms with Crippen LogP contribution in [0, 0.1) is 5.82 Å². The molecule has 1 N–H and O–H groups in total. The quantitative estimate of drug-likeness (QED) is 0.872. The Morgan fingerprint density at radius 2 is 2.05 bits per heavy atom. The van der Waals surface area contributed by atoms with Gasteiger partial charge < -0.3 is 5.32 Å². The van der Waals surface area contributed by atoms with E-state index < -0.39 is 15.8 Å². The lowest BCUT2D eigenvalue weighted by atomic mass is 10.2. The third-order valence-electron chi connectivity index (χ3n) is 3.83. The number of nitrogens with one attached hydrogen (secondary N) is 1. The van der Waals surface area contributed by atoms with Crippen LogP contribution >= 0.6 is 0 Å². The fraction of sp³-hybridized carbons (Fsp3) is 0.533. The van der Waals surface area contributed by atoms with Crippen LogP contribution in [0.25, 0.3) is 0 Å². The number of hydrogen-bond donors (Lipinski definition) is 1. The summed E-state index contributed by atoms with van der Waals surface area (Å²) in [5.74, 6) is -0.751. The molecule has 122 valence electrons. The largest absolute Gasteiger partial charge is 0.326 e. The van der Waals surface area contributed by atoms with E-state index in [1.165, 1.54) is 28.8 Å². The maximum Gasteiger partial charge on any atom is 0.225 e. The van der Waals surface area contributed by atoms with Crippen molar-refractivity contribution in [1.29, 1.82) is 0 Å². The molecule has 0 aromatic heterocycles. The van der Waals surface area contributed by atoms with Crippen LogP contribution in [0.3, 0.4) is 0 Å². The van der Waals surface area contributed by atoms with E-state index in [9.17, 15) is 17.6 Å². The second-order valence-corrected chi connectivity index (χ2v) is 7.56. The van der Waals surface area contributed by atoms with Gasteiger partial charge in [0, 0.05) is 24.7 Å². The standard InChI is InChI=1S/C15H21FN2O3S/c1-22(20,21)18(14-7-2-3-8-14)10-9-15(19)17-13-6-4-5-12(16)11-13/h4-6,11,14H,2-3,7-10H2,1H3,(H,17,19). The number of rotatable bonds is 6. The molecule has 1 aromatic rings. The van der Waals surface area contributed by atoms with E-state index in [4.69, 9.17) is 0 Å². The fourth-order valence-electron chi connectivity index (χ4n) is 2.81. The summed E-state index contributed by atoms with van der Waals surface area (Å²) < 4.78 is 38.2. The molecular formula is C15H21FN2O3S. The summed E-state index contributed by atoms with van der Waals surface area (Å²) in [6.45, 7) is 0.157. The van der Waals surface area contributed by atoms with Gasteiger partial charge in [0.05, 0.1) is 6.26 Å². The van der Waals surface area contributed by atoms with Crippen molar-refractivity contribution in [2.75, 3.05) is 18.1 Å². The van der Waals surface area contributed by atoms with Crippen LogP contribution in [0.2, 0.25) is 0 Å². The number of hydrogen-bond acceptors (Lipinski definition) is 3. The monoisotopic (exact) mass is 328 g/mol. The number of carbonyl (C=O) groups is 1. The Bertz CT molecular complexity index is 627. The Morgan fingerprint density at radius 1 is 1.36 bits per heavy atom. The summed E-state index contributed by atoms with van der Waals surface area (Å²) in [7, 11) is -3.33. The molecule has 1 fully saturated rings. The molecular weight excluding hydrogens is 307 g/mol. The molecule has 1 amide bonds. The Morgan fingerprint density at radius 3 is 2.64 bits per heavy atom. The van der Waals surface area contributed by atoms with Crippen LogP contribution in [0.15, 0.2) is 24.3 Å². The molecule has 0 heterocycles. The maximum absolute atomic E-state index is 13.1. The second-order valence-electron chi connectivity index (χ2n) is 5.62. The summed E-state index contributed by atoms with van der Waals surface area (Å²) in [4.78, 5) is 11.9. The highest BCUT2D eigenvalue weighted by Crippen LogP contribution is 2.25. The molecule has 5 nitrogen and oxygen atoms in total. The topological polar surface area (TPSA) is 66.5 Å². The number of amides is 1. The predicted octanol–water partition coefficient (Wildman–Crippen LogP) is 2.36. The Balaban J connectivity index is 1.93. The van der Waals surface area contributed by atoms with Gasteiger partial charge in [-0.1, -0.05) is 18.9 Å². The van der Waals surface area contributed by atoms with Crippen LogP contribution < -0.4 is 5.32 Å². The molecule has 0 spiro atoms. The molecule has 0 atom stereocenters. The van der Waals surface area contributed by atoms with Crippen LogP contribution in [-0.4, -0.2) is 37.5 Å². The van der Waals surface area contributed by atoms with E-state index in [2.05, 4.69) is 5.32 Å². The van der Waals surface area contributed by atoms with Crippen molar-refractivity contribution >= 4 is 21.6 Å². The first kappa shape index (κ1) is 16.9. The highest BCUT2D eigenvalue weighted by atomic mass is 32.2. The van der Waals surface area contributed by atoms with E-state index in [0.29, 0.717) is 5.69 Å². The van der Waals surface area contributed by atoms with E-state index in [1.807, 2.05) is 0 Å². The third-order valence-corrected chi connectivity index (χ3v) is 5.16. The zero-order chi connectivity index (χ0) is 16.2. The number of benzene rings is 1. The van der Waals surface area contributed by atoms with Crippen molar-refractivity contribution in [3.8, 4) is 0 Å². The fourth-order valence-corrected chi connectivity index (χ4v) is 3.99. The Kier molecular flexibility index (Phi) is 5.52. The van der Waals surface area contributed by atoms with E-state index in [1.54, 1.807) is 6.07 Å². The lowest BCUT2D eigenvalue weighted by molar-refractivity contribution is -0.116. The van der Waals surface area contributed by atoms with Gasteiger partial charge in [-0.2, -0.15) is 4.31 Å². The van der Waals surface area contributed by atoms with Gasteiger partial charge in [0.15, 0.2) is 0 Å². The smallest absolute Gasteiger partial charge is 0.225 e. The normalized spacial score (nSPS) is 16.1. The second kappa shape index (κ2) is 7.19. The van der Waals surface area contributed by atoms with Gasteiger partial charge in [0.1, 0.15) is 5.82 Å². The number of nitrogens with zero attached hydrogens (tertiary/aromatic N) is 1. The zero-order valence-electron chi connectivity index (χ0n) is 12.6. The summed E-state index contributed by atoms with van der Waals surface area (Å²) in [6.07, 6.45) is 4.96. The first-order valence-electron chi connectivity index (χ1n) is 7.38. The van der Waals surface area contributed by atoms with Gasteiger partial charge in [-0.05, 0) is 31.0 Å². The van der Waals surface area contributed by atoms with Crippen molar-refractivity contribution in [1.82, 2.24) is 4.31 Å².